The van der Waals surface area contributed by atoms with Gasteiger partial charge in [0.1, 0.15) is 12.2 Å². The van der Waals surface area contributed by atoms with E-state index >= 15 is 0 Å². The van der Waals surface area contributed by atoms with Gasteiger partial charge in [0.05, 0.1) is 19.8 Å². The monoisotopic (exact) mass is 412 g/mol. The summed E-state index contributed by atoms with van der Waals surface area (Å²) in [5.41, 5.74) is -1.55. The lowest BCUT2D eigenvalue weighted by molar-refractivity contribution is -0.154. The van der Waals surface area contributed by atoms with Crippen LogP contribution >= 0.6 is 0 Å². The van der Waals surface area contributed by atoms with Gasteiger partial charge in [0.15, 0.2) is 18.7 Å². The minimum atomic E-state index is -1.50. The summed E-state index contributed by atoms with van der Waals surface area (Å²) in [6.07, 6.45) is -4.95. The minimum Gasteiger partial charge on any atom is -0.479 e. The molecule has 2 heterocycles. The third-order valence-electron chi connectivity index (χ3n) is 4.78. The molecule has 0 bridgehead atoms. The second kappa shape index (κ2) is 10.3. The van der Waals surface area contributed by atoms with E-state index in [1.54, 1.807) is 0 Å². The lowest BCUT2D eigenvalue weighted by atomic mass is 9.88. The number of aliphatic hydroxyl groups excluding tert-OH is 6. The Labute approximate surface area is 165 Å². The molecule has 0 spiro atoms. The molecule has 10 heteroatoms. The number of hydrogen-bond donors (Lipinski definition) is 7. The molecular weight excluding hydrogens is 376 g/mol. The van der Waals surface area contributed by atoms with Crippen LogP contribution in [0.5, 0.6) is 0 Å². The zero-order valence-electron chi connectivity index (χ0n) is 17.4. The Morgan fingerprint density at radius 2 is 1.29 bits per heavy atom. The summed E-state index contributed by atoms with van der Waals surface area (Å²) in [7, 11) is 0. The topological polar surface area (TPSA) is 177 Å². The van der Waals surface area contributed by atoms with Gasteiger partial charge in [0.25, 0.3) is 0 Å². The standard InChI is InChI=1S/C6H12O4.2C6H12O3/c1-6(2,3-7)4(8)5(9)10;2*1-6(2)3-9-5(8)4(6)7/h4,7-8H,3H2,1-2H3,(H,9,10);2*4-5,7-8H,3H2,1-2H3/t4-;4?,5-;4-,5+/m001/s1. The summed E-state index contributed by atoms with van der Waals surface area (Å²) in [6.45, 7) is 10.9. The molecule has 0 aromatic heterocycles. The van der Waals surface area contributed by atoms with Gasteiger partial charge in [-0.25, -0.2) is 4.79 Å². The highest BCUT2D eigenvalue weighted by Crippen LogP contribution is 2.31. The first kappa shape index (κ1) is 27.1. The summed E-state index contributed by atoms with van der Waals surface area (Å²) in [5.74, 6) is -1.31. The van der Waals surface area contributed by atoms with Gasteiger partial charge >= 0.3 is 5.97 Å². The van der Waals surface area contributed by atoms with E-state index in [9.17, 15) is 4.79 Å². The molecule has 2 aliphatic heterocycles. The van der Waals surface area contributed by atoms with Crippen LogP contribution in [-0.2, 0) is 14.3 Å². The Morgan fingerprint density at radius 3 is 1.36 bits per heavy atom. The predicted octanol–water partition coefficient (Wildman–Crippen LogP) is -1.11. The summed E-state index contributed by atoms with van der Waals surface area (Å²) in [5, 5.41) is 61.8. The van der Waals surface area contributed by atoms with Crippen molar-refractivity contribution in [1.29, 1.82) is 0 Å². The quantitative estimate of drug-likeness (QED) is 0.301. The van der Waals surface area contributed by atoms with E-state index in [1.807, 2.05) is 27.7 Å². The lowest BCUT2D eigenvalue weighted by Gasteiger charge is -2.24. The molecular formula is C18H36O10. The Kier molecular flexibility index (Phi) is 9.95. The van der Waals surface area contributed by atoms with E-state index in [2.05, 4.69) is 0 Å². The fourth-order valence-corrected chi connectivity index (χ4v) is 2.15. The van der Waals surface area contributed by atoms with Gasteiger partial charge in [-0.3, -0.25) is 0 Å². The van der Waals surface area contributed by atoms with Gasteiger partial charge < -0.3 is 45.2 Å². The SMILES string of the molecule is CC(C)(CO)[C@@H](O)C(=O)O.CC1(C)CO[C@H](O)C1O.CC1(C)CO[C@H](O)[C@H]1O. The molecule has 28 heavy (non-hydrogen) atoms. The molecule has 0 amide bonds. The van der Waals surface area contributed by atoms with Crippen LogP contribution in [-0.4, -0.2) is 92.4 Å². The maximum atomic E-state index is 10.1. The van der Waals surface area contributed by atoms with E-state index in [-0.39, 0.29) is 17.4 Å². The average Bonchev–Trinajstić information content (AvgIpc) is 2.98. The van der Waals surface area contributed by atoms with Crippen LogP contribution in [0.15, 0.2) is 0 Å². The van der Waals surface area contributed by atoms with E-state index in [0.717, 1.165) is 0 Å². The molecule has 0 saturated carbocycles. The van der Waals surface area contributed by atoms with Crippen LogP contribution in [0, 0.1) is 16.2 Å². The molecule has 0 aromatic rings. The smallest absolute Gasteiger partial charge is 0.333 e. The largest absolute Gasteiger partial charge is 0.479 e. The van der Waals surface area contributed by atoms with Crippen LogP contribution in [0.2, 0.25) is 0 Å². The molecule has 10 nitrogen and oxygen atoms in total. The highest BCUT2D eigenvalue weighted by Gasteiger charge is 2.41. The molecule has 2 aliphatic rings. The Balaban J connectivity index is 0.000000391. The summed E-state index contributed by atoms with van der Waals surface area (Å²) in [4.78, 5) is 10.1. The Hall–Kier alpha value is -0.850. The van der Waals surface area contributed by atoms with Gasteiger partial charge in [-0.05, 0) is 0 Å². The van der Waals surface area contributed by atoms with Crippen LogP contribution in [0.25, 0.3) is 0 Å². The van der Waals surface area contributed by atoms with E-state index < -0.39 is 42.3 Å². The summed E-state index contributed by atoms with van der Waals surface area (Å²) in [6, 6.07) is 0. The fraction of sp³-hybridized carbons (Fsp3) is 0.944. The highest BCUT2D eigenvalue weighted by atomic mass is 16.6. The lowest BCUT2D eigenvalue weighted by Crippen LogP contribution is -2.38. The van der Waals surface area contributed by atoms with Crippen LogP contribution in [0.3, 0.4) is 0 Å². The van der Waals surface area contributed by atoms with Crippen LogP contribution < -0.4 is 0 Å². The Bertz CT molecular complexity index is 463. The van der Waals surface area contributed by atoms with Crippen molar-refractivity contribution < 1.29 is 50.0 Å². The van der Waals surface area contributed by atoms with E-state index in [0.29, 0.717) is 13.2 Å². The van der Waals surface area contributed by atoms with Crippen molar-refractivity contribution in [3.63, 3.8) is 0 Å². The van der Waals surface area contributed by atoms with Crippen molar-refractivity contribution in [3.8, 4) is 0 Å². The first-order chi connectivity index (χ1) is 12.5. The van der Waals surface area contributed by atoms with Crippen molar-refractivity contribution in [2.75, 3.05) is 19.8 Å². The number of hydrogen-bond acceptors (Lipinski definition) is 9. The van der Waals surface area contributed by atoms with E-state index in [4.69, 9.17) is 45.2 Å². The van der Waals surface area contributed by atoms with Crippen molar-refractivity contribution in [3.05, 3.63) is 0 Å². The second-order valence-corrected chi connectivity index (χ2v) is 9.16. The number of aliphatic hydroxyl groups is 6. The minimum absolute atomic E-state index is 0.292. The Morgan fingerprint density at radius 1 is 0.964 bits per heavy atom. The number of rotatable bonds is 3. The molecule has 2 rings (SSSR count). The summed E-state index contributed by atoms with van der Waals surface area (Å²) < 4.78 is 9.57. The zero-order valence-corrected chi connectivity index (χ0v) is 17.4. The third kappa shape index (κ3) is 7.53. The second-order valence-electron chi connectivity index (χ2n) is 9.16. The van der Waals surface area contributed by atoms with Gasteiger partial charge in [0, 0.05) is 16.2 Å². The predicted molar refractivity (Wildman–Crippen MR) is 98.0 cm³/mol. The number of carboxylic acids is 1. The van der Waals surface area contributed by atoms with Crippen molar-refractivity contribution in [2.24, 2.45) is 16.2 Å². The number of aliphatic carboxylic acids is 1. The maximum absolute atomic E-state index is 10.1. The molecule has 5 atom stereocenters. The highest BCUT2D eigenvalue weighted by molar-refractivity contribution is 5.72. The van der Waals surface area contributed by atoms with Gasteiger partial charge in [-0.15, -0.1) is 0 Å². The third-order valence-corrected chi connectivity index (χ3v) is 4.78. The average molecular weight is 412 g/mol. The van der Waals surface area contributed by atoms with Gasteiger partial charge in [-0.2, -0.15) is 0 Å². The molecule has 7 N–H and O–H groups in total. The molecule has 168 valence electrons. The van der Waals surface area contributed by atoms with Gasteiger partial charge in [0.2, 0.25) is 0 Å². The molecule has 0 aliphatic carbocycles. The maximum Gasteiger partial charge on any atom is 0.333 e. The van der Waals surface area contributed by atoms with Crippen molar-refractivity contribution >= 4 is 5.97 Å². The van der Waals surface area contributed by atoms with Crippen molar-refractivity contribution in [2.45, 2.75) is 72.4 Å². The van der Waals surface area contributed by atoms with Crippen LogP contribution in [0.4, 0.5) is 0 Å². The van der Waals surface area contributed by atoms with E-state index in [1.165, 1.54) is 13.8 Å². The zero-order chi connectivity index (χ0) is 22.5. The summed E-state index contributed by atoms with van der Waals surface area (Å²) >= 11 is 0. The first-order valence-corrected chi connectivity index (χ1v) is 8.97. The number of ether oxygens (including phenoxy) is 2. The molecule has 1 unspecified atom stereocenters. The van der Waals surface area contributed by atoms with Crippen LogP contribution in [0.1, 0.15) is 41.5 Å². The van der Waals surface area contributed by atoms with Gasteiger partial charge in [-0.1, -0.05) is 41.5 Å². The molecule has 2 fully saturated rings. The fourth-order valence-electron chi connectivity index (χ4n) is 2.15. The van der Waals surface area contributed by atoms with Crippen molar-refractivity contribution in [1.82, 2.24) is 0 Å². The normalized spacial score (nSPS) is 31.9. The number of carbonyl (C=O) groups is 1. The number of carboxylic acid groups (broad SMARTS) is 1. The molecule has 0 radical (unpaired) electrons. The molecule has 0 aromatic carbocycles. The molecule has 2 saturated heterocycles. The first-order valence-electron chi connectivity index (χ1n) is 8.97.